The summed E-state index contributed by atoms with van der Waals surface area (Å²) in [6, 6.07) is 7.29. The molecule has 0 N–H and O–H groups in total. The minimum Gasteiger partial charge on any atom is -0.377 e. The van der Waals surface area contributed by atoms with Crippen molar-refractivity contribution < 1.29 is 22.5 Å². The maximum Gasteiger partial charge on any atom is 0.338 e. The van der Waals surface area contributed by atoms with E-state index in [4.69, 9.17) is 9.26 Å². The molecule has 1 aliphatic heterocycles. The SMILES string of the molecule is COCc1cc(CN2C(=O)N(C)c3ccccc3S2(=O)=O)no1. The molecule has 2 heterocycles. The first-order chi connectivity index (χ1) is 10.9. The average Bonchev–Trinajstić information content (AvgIpc) is 2.98. The van der Waals surface area contributed by atoms with Gasteiger partial charge in [0.2, 0.25) is 0 Å². The van der Waals surface area contributed by atoms with Crippen LogP contribution in [0.25, 0.3) is 0 Å². The second-order valence-electron chi connectivity index (χ2n) is 5.04. The molecule has 1 aromatic heterocycles. The Labute approximate surface area is 133 Å². The van der Waals surface area contributed by atoms with Crippen molar-refractivity contribution in [3.05, 3.63) is 41.8 Å². The Morgan fingerprint density at radius 1 is 1.30 bits per heavy atom. The molecule has 0 radical (unpaired) electrons. The predicted octanol–water partition coefficient (Wildman–Crippen LogP) is 1.58. The van der Waals surface area contributed by atoms with Crippen LogP contribution in [0.15, 0.2) is 39.8 Å². The van der Waals surface area contributed by atoms with Crippen molar-refractivity contribution in [2.24, 2.45) is 0 Å². The molecule has 0 spiro atoms. The number of aromatic nitrogens is 1. The third-order valence-electron chi connectivity index (χ3n) is 3.49. The predicted molar refractivity (Wildman–Crippen MR) is 80.2 cm³/mol. The number of urea groups is 1. The molecule has 2 amide bonds. The molecule has 0 saturated heterocycles. The van der Waals surface area contributed by atoms with Crippen LogP contribution in [0.4, 0.5) is 10.5 Å². The van der Waals surface area contributed by atoms with Crippen LogP contribution in [0, 0.1) is 0 Å². The largest absolute Gasteiger partial charge is 0.377 e. The van der Waals surface area contributed by atoms with E-state index >= 15 is 0 Å². The van der Waals surface area contributed by atoms with E-state index in [0.717, 1.165) is 4.31 Å². The zero-order valence-electron chi connectivity index (χ0n) is 12.6. The zero-order valence-corrected chi connectivity index (χ0v) is 13.4. The Hall–Kier alpha value is -2.39. The summed E-state index contributed by atoms with van der Waals surface area (Å²) in [5.74, 6) is 0.457. The third kappa shape index (κ3) is 2.57. The van der Waals surface area contributed by atoms with E-state index in [1.807, 2.05) is 0 Å². The summed E-state index contributed by atoms with van der Waals surface area (Å²) >= 11 is 0. The lowest BCUT2D eigenvalue weighted by Gasteiger charge is -2.33. The van der Waals surface area contributed by atoms with E-state index in [0.29, 0.717) is 17.1 Å². The topological polar surface area (TPSA) is 93.0 Å². The van der Waals surface area contributed by atoms with Crippen LogP contribution in [0.3, 0.4) is 0 Å². The van der Waals surface area contributed by atoms with Gasteiger partial charge in [0.1, 0.15) is 17.2 Å². The highest BCUT2D eigenvalue weighted by Crippen LogP contribution is 2.33. The molecule has 0 bridgehead atoms. The number of hydrogen-bond acceptors (Lipinski definition) is 6. The number of amides is 2. The van der Waals surface area contributed by atoms with Crippen LogP contribution >= 0.6 is 0 Å². The van der Waals surface area contributed by atoms with E-state index < -0.39 is 16.1 Å². The van der Waals surface area contributed by atoms with Gasteiger partial charge in [-0.05, 0) is 12.1 Å². The van der Waals surface area contributed by atoms with Gasteiger partial charge in [0.15, 0.2) is 5.76 Å². The number of para-hydroxylation sites is 1. The minimum absolute atomic E-state index is 0.0858. The number of ether oxygens (including phenoxy) is 1. The van der Waals surface area contributed by atoms with E-state index in [1.165, 1.54) is 25.1 Å². The number of hydrogen-bond donors (Lipinski definition) is 0. The number of carbonyl (C=O) groups excluding carboxylic acids is 1. The summed E-state index contributed by atoms with van der Waals surface area (Å²) in [4.78, 5) is 13.8. The molecule has 23 heavy (non-hydrogen) atoms. The first-order valence-electron chi connectivity index (χ1n) is 6.78. The van der Waals surface area contributed by atoms with E-state index in [1.54, 1.807) is 24.3 Å². The smallest absolute Gasteiger partial charge is 0.338 e. The number of nitrogens with zero attached hydrogens (tertiary/aromatic N) is 3. The summed E-state index contributed by atoms with van der Waals surface area (Å²) in [7, 11) is -0.901. The molecule has 0 aliphatic carbocycles. The molecular formula is C14H15N3O5S. The average molecular weight is 337 g/mol. The summed E-state index contributed by atoms with van der Waals surface area (Å²) < 4.78 is 36.1. The number of fused-ring (bicyclic) bond motifs is 1. The third-order valence-corrected chi connectivity index (χ3v) is 5.26. The fourth-order valence-electron chi connectivity index (χ4n) is 2.38. The minimum atomic E-state index is -3.94. The summed E-state index contributed by atoms with van der Waals surface area (Å²) in [5, 5.41) is 3.78. The standard InChI is InChI=1S/C14H15N3O5S/c1-16-12-5-3-4-6-13(12)23(19,20)17(14(16)18)8-10-7-11(9-21-2)22-15-10/h3-7H,8-9H2,1-2H3. The molecule has 122 valence electrons. The molecule has 9 heteroatoms. The molecule has 1 aliphatic rings. The first-order valence-corrected chi connectivity index (χ1v) is 8.22. The van der Waals surface area contributed by atoms with Gasteiger partial charge in [-0.15, -0.1) is 0 Å². The van der Waals surface area contributed by atoms with Gasteiger partial charge in [-0.1, -0.05) is 17.3 Å². The Kier molecular flexibility index (Phi) is 3.82. The summed E-state index contributed by atoms with van der Waals surface area (Å²) in [6.07, 6.45) is 0. The van der Waals surface area contributed by atoms with Gasteiger partial charge >= 0.3 is 6.03 Å². The molecule has 0 atom stereocenters. The molecule has 0 fully saturated rings. The number of carbonyl (C=O) groups is 1. The highest BCUT2D eigenvalue weighted by molar-refractivity contribution is 7.90. The highest BCUT2D eigenvalue weighted by atomic mass is 32.2. The lowest BCUT2D eigenvalue weighted by molar-refractivity contribution is 0.155. The lowest BCUT2D eigenvalue weighted by Crippen LogP contribution is -2.48. The van der Waals surface area contributed by atoms with Crippen LogP contribution < -0.4 is 4.90 Å². The number of benzene rings is 1. The van der Waals surface area contributed by atoms with Gasteiger partial charge in [0.05, 0.1) is 12.2 Å². The van der Waals surface area contributed by atoms with Crippen LogP contribution in [0.1, 0.15) is 11.5 Å². The van der Waals surface area contributed by atoms with Crippen molar-refractivity contribution in [1.29, 1.82) is 0 Å². The maximum absolute atomic E-state index is 12.7. The van der Waals surface area contributed by atoms with Gasteiger partial charge in [0.25, 0.3) is 10.0 Å². The monoisotopic (exact) mass is 337 g/mol. The highest BCUT2D eigenvalue weighted by Gasteiger charge is 2.40. The Morgan fingerprint density at radius 2 is 2.04 bits per heavy atom. The fourth-order valence-corrected chi connectivity index (χ4v) is 3.97. The summed E-state index contributed by atoms with van der Waals surface area (Å²) in [5.41, 5.74) is 0.690. The Morgan fingerprint density at radius 3 is 2.78 bits per heavy atom. The van der Waals surface area contributed by atoms with Crippen LogP contribution in [0.5, 0.6) is 0 Å². The van der Waals surface area contributed by atoms with E-state index in [-0.39, 0.29) is 18.0 Å². The van der Waals surface area contributed by atoms with Crippen LogP contribution in [-0.4, -0.2) is 38.1 Å². The Bertz CT molecular complexity index is 846. The maximum atomic E-state index is 12.7. The number of sulfonamides is 1. The van der Waals surface area contributed by atoms with Gasteiger partial charge in [-0.2, -0.15) is 0 Å². The molecular weight excluding hydrogens is 322 g/mol. The number of rotatable bonds is 4. The summed E-state index contributed by atoms with van der Waals surface area (Å²) in [6.45, 7) is 0.0173. The van der Waals surface area contributed by atoms with Crippen molar-refractivity contribution in [1.82, 2.24) is 9.46 Å². The van der Waals surface area contributed by atoms with Crippen LogP contribution in [-0.2, 0) is 27.9 Å². The second kappa shape index (κ2) is 5.67. The quantitative estimate of drug-likeness (QED) is 0.841. The zero-order chi connectivity index (χ0) is 16.6. The van der Waals surface area contributed by atoms with Crippen molar-refractivity contribution in [2.75, 3.05) is 19.1 Å². The van der Waals surface area contributed by atoms with Crippen molar-refractivity contribution in [3.63, 3.8) is 0 Å². The molecule has 0 unspecified atom stereocenters. The van der Waals surface area contributed by atoms with Crippen molar-refractivity contribution in [2.45, 2.75) is 18.0 Å². The van der Waals surface area contributed by atoms with Crippen molar-refractivity contribution in [3.8, 4) is 0 Å². The van der Waals surface area contributed by atoms with Gasteiger partial charge in [-0.3, -0.25) is 4.90 Å². The molecule has 0 saturated carbocycles. The second-order valence-corrected chi connectivity index (χ2v) is 6.87. The van der Waals surface area contributed by atoms with Gasteiger partial charge < -0.3 is 9.26 Å². The van der Waals surface area contributed by atoms with Crippen LogP contribution in [0.2, 0.25) is 0 Å². The molecule has 3 rings (SSSR count). The molecule has 8 nitrogen and oxygen atoms in total. The van der Waals surface area contributed by atoms with E-state index in [9.17, 15) is 13.2 Å². The first kappa shape index (κ1) is 15.5. The lowest BCUT2D eigenvalue weighted by atomic mass is 10.3. The normalized spacial score (nSPS) is 16.5. The molecule has 1 aromatic carbocycles. The number of methoxy groups -OCH3 is 1. The van der Waals surface area contributed by atoms with E-state index in [2.05, 4.69) is 5.16 Å². The Balaban J connectivity index is 1.97. The number of anilines is 1. The fraction of sp³-hybridized carbons (Fsp3) is 0.286. The van der Waals surface area contributed by atoms with Gasteiger partial charge in [0, 0.05) is 20.2 Å². The van der Waals surface area contributed by atoms with Gasteiger partial charge in [-0.25, -0.2) is 17.5 Å². The molecule has 2 aromatic rings. The van der Waals surface area contributed by atoms with Crippen molar-refractivity contribution >= 4 is 21.7 Å².